The maximum atomic E-state index is 5.52. The van der Waals surface area contributed by atoms with E-state index in [0.29, 0.717) is 0 Å². The first-order chi connectivity index (χ1) is 9.12. The van der Waals surface area contributed by atoms with Crippen LogP contribution in [0.25, 0.3) is 0 Å². The quantitative estimate of drug-likeness (QED) is 0.733. The van der Waals surface area contributed by atoms with E-state index in [1.165, 1.54) is 11.1 Å². The van der Waals surface area contributed by atoms with Crippen LogP contribution in [0.15, 0.2) is 12.1 Å². The van der Waals surface area contributed by atoms with Crippen molar-refractivity contribution in [2.75, 3.05) is 34.4 Å². The molecule has 0 aromatic heterocycles. The maximum Gasteiger partial charge on any atom is 0.127 e. The van der Waals surface area contributed by atoms with Crippen molar-refractivity contribution >= 4 is 0 Å². The van der Waals surface area contributed by atoms with E-state index in [4.69, 9.17) is 15.2 Å². The lowest BCUT2D eigenvalue weighted by Crippen LogP contribution is -2.20. The number of nitrogens with zero attached hydrogens (tertiary/aromatic N) is 1. The molecule has 2 N–H and O–H groups in total. The van der Waals surface area contributed by atoms with Crippen LogP contribution in [0.3, 0.4) is 0 Å². The number of nitrogens with two attached hydrogens (primary N) is 1. The molecule has 0 heterocycles. The van der Waals surface area contributed by atoms with Gasteiger partial charge in [0.1, 0.15) is 11.5 Å². The molecule has 0 aliphatic carbocycles. The lowest BCUT2D eigenvalue weighted by atomic mass is 10.1. The minimum atomic E-state index is 0.763. The molecule has 0 fully saturated rings. The molecule has 0 atom stereocenters. The number of rotatable bonds is 8. The highest BCUT2D eigenvalue weighted by Gasteiger charge is 2.11. The fourth-order valence-electron chi connectivity index (χ4n) is 2.13. The standard InChI is InChI=1S/C15H26N2O2/c1-12-9-13(18-3)10-15(19-4)14(12)11-17(2)8-6-5-7-16/h9-10H,5-8,11,16H2,1-4H3. The predicted molar refractivity (Wildman–Crippen MR) is 78.9 cm³/mol. The van der Waals surface area contributed by atoms with Crippen LogP contribution in [0.5, 0.6) is 11.5 Å². The minimum Gasteiger partial charge on any atom is -0.497 e. The van der Waals surface area contributed by atoms with Crippen molar-refractivity contribution in [1.29, 1.82) is 0 Å². The lowest BCUT2D eigenvalue weighted by molar-refractivity contribution is 0.309. The van der Waals surface area contributed by atoms with Gasteiger partial charge in [0.05, 0.1) is 14.2 Å². The Labute approximate surface area is 116 Å². The molecule has 4 nitrogen and oxygen atoms in total. The Morgan fingerprint density at radius 2 is 1.89 bits per heavy atom. The first-order valence-electron chi connectivity index (χ1n) is 6.72. The summed E-state index contributed by atoms with van der Waals surface area (Å²) in [7, 11) is 5.50. The third-order valence-corrected chi connectivity index (χ3v) is 3.28. The maximum absolute atomic E-state index is 5.52. The van der Waals surface area contributed by atoms with E-state index in [1.54, 1.807) is 14.2 Å². The Bertz CT molecular complexity index is 394. The molecule has 1 aromatic rings. The van der Waals surface area contributed by atoms with E-state index in [1.807, 2.05) is 12.1 Å². The summed E-state index contributed by atoms with van der Waals surface area (Å²) < 4.78 is 10.7. The first kappa shape index (κ1) is 15.8. The zero-order valence-corrected chi connectivity index (χ0v) is 12.5. The smallest absolute Gasteiger partial charge is 0.127 e. The average molecular weight is 266 g/mol. The lowest BCUT2D eigenvalue weighted by Gasteiger charge is -2.20. The number of hydrogen-bond donors (Lipinski definition) is 1. The van der Waals surface area contributed by atoms with Crippen LogP contribution in [0.1, 0.15) is 24.0 Å². The molecule has 0 spiro atoms. The van der Waals surface area contributed by atoms with E-state index in [-0.39, 0.29) is 0 Å². The van der Waals surface area contributed by atoms with Crippen molar-refractivity contribution < 1.29 is 9.47 Å². The van der Waals surface area contributed by atoms with Crippen LogP contribution in [0, 0.1) is 6.92 Å². The third-order valence-electron chi connectivity index (χ3n) is 3.28. The molecule has 1 rings (SSSR count). The molecule has 0 aliphatic rings. The van der Waals surface area contributed by atoms with Crippen LogP contribution in [-0.4, -0.2) is 39.3 Å². The Balaban J connectivity index is 2.76. The van der Waals surface area contributed by atoms with Crippen molar-refractivity contribution in [3.63, 3.8) is 0 Å². The average Bonchev–Trinajstić information content (AvgIpc) is 2.41. The molecule has 0 bridgehead atoms. The molecule has 0 saturated carbocycles. The topological polar surface area (TPSA) is 47.7 Å². The van der Waals surface area contributed by atoms with Crippen molar-refractivity contribution in [2.24, 2.45) is 5.73 Å². The highest BCUT2D eigenvalue weighted by atomic mass is 16.5. The van der Waals surface area contributed by atoms with Gasteiger partial charge in [-0.15, -0.1) is 0 Å². The van der Waals surface area contributed by atoms with Gasteiger partial charge in [0, 0.05) is 18.2 Å². The van der Waals surface area contributed by atoms with Crippen LogP contribution in [0.4, 0.5) is 0 Å². The van der Waals surface area contributed by atoms with Crippen molar-refractivity contribution in [1.82, 2.24) is 4.90 Å². The summed E-state index contributed by atoms with van der Waals surface area (Å²) in [4.78, 5) is 2.30. The Morgan fingerprint density at radius 3 is 2.47 bits per heavy atom. The molecule has 1 aromatic carbocycles. The van der Waals surface area contributed by atoms with E-state index < -0.39 is 0 Å². The Kier molecular flexibility index (Phi) is 6.67. The summed E-state index contributed by atoms with van der Waals surface area (Å²) in [5, 5.41) is 0. The predicted octanol–water partition coefficient (Wildman–Crippen LogP) is 2.18. The summed E-state index contributed by atoms with van der Waals surface area (Å²) >= 11 is 0. The van der Waals surface area contributed by atoms with E-state index in [0.717, 1.165) is 44.0 Å². The SMILES string of the molecule is COc1cc(C)c(CN(C)CCCCN)c(OC)c1. The summed E-state index contributed by atoms with van der Waals surface area (Å²) in [5.74, 6) is 1.73. The van der Waals surface area contributed by atoms with Gasteiger partial charge < -0.3 is 20.1 Å². The van der Waals surface area contributed by atoms with Crippen LogP contribution in [-0.2, 0) is 6.54 Å². The van der Waals surface area contributed by atoms with Crippen LogP contribution < -0.4 is 15.2 Å². The second-order valence-corrected chi connectivity index (χ2v) is 4.86. The fourth-order valence-corrected chi connectivity index (χ4v) is 2.13. The van der Waals surface area contributed by atoms with E-state index in [2.05, 4.69) is 18.9 Å². The second-order valence-electron chi connectivity index (χ2n) is 4.86. The molecular weight excluding hydrogens is 240 g/mol. The summed E-state index contributed by atoms with van der Waals surface area (Å²) in [5.41, 5.74) is 7.93. The van der Waals surface area contributed by atoms with Gasteiger partial charge in [-0.25, -0.2) is 0 Å². The zero-order valence-electron chi connectivity index (χ0n) is 12.5. The molecular formula is C15H26N2O2. The molecule has 108 valence electrons. The number of unbranched alkanes of at least 4 members (excludes halogenated alkanes) is 1. The number of hydrogen-bond acceptors (Lipinski definition) is 4. The minimum absolute atomic E-state index is 0.763. The second kappa shape index (κ2) is 8.02. The van der Waals surface area contributed by atoms with Gasteiger partial charge in [0.25, 0.3) is 0 Å². The van der Waals surface area contributed by atoms with Crippen molar-refractivity contribution in [3.8, 4) is 11.5 Å². The number of aryl methyl sites for hydroxylation is 1. The van der Waals surface area contributed by atoms with Crippen molar-refractivity contribution in [3.05, 3.63) is 23.3 Å². The number of methoxy groups -OCH3 is 2. The Morgan fingerprint density at radius 1 is 1.16 bits per heavy atom. The summed E-state index contributed by atoms with van der Waals surface area (Å²) in [6.07, 6.45) is 2.20. The van der Waals surface area contributed by atoms with Gasteiger partial charge in [-0.3, -0.25) is 0 Å². The summed E-state index contributed by atoms with van der Waals surface area (Å²) in [6.45, 7) is 4.78. The normalized spacial score (nSPS) is 10.8. The zero-order chi connectivity index (χ0) is 14.3. The molecule has 0 amide bonds. The molecule has 0 saturated heterocycles. The highest BCUT2D eigenvalue weighted by molar-refractivity contribution is 5.46. The van der Waals surface area contributed by atoms with Gasteiger partial charge in [0.15, 0.2) is 0 Å². The molecule has 0 unspecified atom stereocenters. The number of ether oxygens (including phenoxy) is 2. The van der Waals surface area contributed by atoms with Gasteiger partial charge in [0.2, 0.25) is 0 Å². The summed E-state index contributed by atoms with van der Waals surface area (Å²) in [6, 6.07) is 3.99. The molecule has 4 heteroatoms. The van der Waals surface area contributed by atoms with E-state index in [9.17, 15) is 0 Å². The monoisotopic (exact) mass is 266 g/mol. The fraction of sp³-hybridized carbons (Fsp3) is 0.600. The van der Waals surface area contributed by atoms with Gasteiger partial charge in [-0.1, -0.05) is 0 Å². The molecule has 0 radical (unpaired) electrons. The van der Waals surface area contributed by atoms with E-state index >= 15 is 0 Å². The molecule has 0 aliphatic heterocycles. The third kappa shape index (κ3) is 4.73. The first-order valence-corrected chi connectivity index (χ1v) is 6.72. The largest absolute Gasteiger partial charge is 0.497 e. The Hall–Kier alpha value is -1.26. The molecule has 19 heavy (non-hydrogen) atoms. The van der Waals surface area contributed by atoms with Gasteiger partial charge in [-0.2, -0.15) is 0 Å². The van der Waals surface area contributed by atoms with Crippen LogP contribution >= 0.6 is 0 Å². The van der Waals surface area contributed by atoms with Gasteiger partial charge >= 0.3 is 0 Å². The van der Waals surface area contributed by atoms with Crippen LogP contribution in [0.2, 0.25) is 0 Å². The van der Waals surface area contributed by atoms with Crippen molar-refractivity contribution in [2.45, 2.75) is 26.3 Å². The van der Waals surface area contributed by atoms with Gasteiger partial charge in [-0.05, 0) is 51.5 Å². The highest BCUT2D eigenvalue weighted by Crippen LogP contribution is 2.29. The number of benzene rings is 1.